The van der Waals surface area contributed by atoms with Crippen molar-refractivity contribution in [2.75, 3.05) is 0 Å². The van der Waals surface area contributed by atoms with Gasteiger partial charge in [-0.3, -0.25) is 4.99 Å². The summed E-state index contributed by atoms with van der Waals surface area (Å²) in [5.41, 5.74) is 2.40. The van der Waals surface area contributed by atoms with E-state index in [9.17, 15) is 0 Å². The van der Waals surface area contributed by atoms with Crippen molar-refractivity contribution < 1.29 is 1.37 Å². The standard InChI is InChI=1S/C17H14ClN/c1-14(18)17(16-10-6-3-7-11-16)13-19-12-15-8-4-2-5-9-15/h2-13H,1H2/b17-13-,19-12?/i12D. The minimum atomic E-state index is 0.192. The van der Waals surface area contributed by atoms with E-state index in [1.54, 1.807) is 6.20 Å². The van der Waals surface area contributed by atoms with Crippen LogP contribution in [-0.4, -0.2) is 6.19 Å². The second kappa shape index (κ2) is 6.72. The van der Waals surface area contributed by atoms with Gasteiger partial charge in [-0.2, -0.15) is 0 Å². The van der Waals surface area contributed by atoms with Crippen LogP contribution >= 0.6 is 11.6 Å². The fourth-order valence-corrected chi connectivity index (χ4v) is 1.76. The largest absolute Gasteiger partial charge is 0.263 e. The zero-order chi connectivity index (χ0) is 14.4. The third-order valence-corrected chi connectivity index (χ3v) is 2.74. The Morgan fingerprint density at radius 2 is 1.63 bits per heavy atom. The van der Waals surface area contributed by atoms with Crippen molar-refractivity contribution in [3.05, 3.63) is 89.6 Å². The summed E-state index contributed by atoms with van der Waals surface area (Å²) >= 11 is 6.01. The van der Waals surface area contributed by atoms with Crippen LogP contribution < -0.4 is 0 Å². The van der Waals surface area contributed by atoms with E-state index in [2.05, 4.69) is 11.6 Å². The molecule has 0 amide bonds. The average molecular weight is 269 g/mol. The van der Waals surface area contributed by atoms with Crippen LogP contribution in [0.5, 0.6) is 0 Å². The fraction of sp³-hybridized carbons (Fsp3) is 0. The lowest BCUT2D eigenvalue weighted by Gasteiger charge is -2.03. The molecule has 0 atom stereocenters. The topological polar surface area (TPSA) is 12.4 Å². The van der Waals surface area contributed by atoms with Crippen LogP contribution in [0.4, 0.5) is 0 Å². The second-order valence-corrected chi connectivity index (χ2v) is 4.38. The Morgan fingerprint density at radius 1 is 1.05 bits per heavy atom. The highest BCUT2D eigenvalue weighted by Gasteiger charge is 2.02. The van der Waals surface area contributed by atoms with Gasteiger partial charge in [0.2, 0.25) is 0 Å². The number of rotatable bonds is 4. The van der Waals surface area contributed by atoms with E-state index in [0.29, 0.717) is 10.6 Å². The van der Waals surface area contributed by atoms with Crippen molar-refractivity contribution in [2.24, 2.45) is 4.99 Å². The summed E-state index contributed by atoms with van der Waals surface area (Å²) in [5.74, 6) is 0. The molecule has 0 spiro atoms. The van der Waals surface area contributed by atoms with Gasteiger partial charge in [-0.25, -0.2) is 0 Å². The Hall–Kier alpha value is -2.12. The Balaban J connectivity index is 2.34. The molecule has 0 fully saturated rings. The van der Waals surface area contributed by atoms with Crippen LogP contribution in [0.1, 0.15) is 12.5 Å². The van der Waals surface area contributed by atoms with Gasteiger partial charge in [0, 0.05) is 23.0 Å². The summed E-state index contributed by atoms with van der Waals surface area (Å²) in [6.07, 6.45) is 1.77. The van der Waals surface area contributed by atoms with Crippen LogP contribution in [-0.2, 0) is 0 Å². The van der Waals surface area contributed by atoms with Crippen molar-refractivity contribution in [3.8, 4) is 0 Å². The number of allylic oxidation sites excluding steroid dienone is 2. The van der Waals surface area contributed by atoms with Gasteiger partial charge in [0.15, 0.2) is 0 Å². The zero-order valence-corrected chi connectivity index (χ0v) is 11.1. The van der Waals surface area contributed by atoms with Crippen LogP contribution in [0.2, 0.25) is 0 Å². The van der Waals surface area contributed by atoms with Gasteiger partial charge in [-0.1, -0.05) is 78.8 Å². The number of nitrogens with zero attached hydrogens (tertiary/aromatic N) is 1. The highest BCUT2D eigenvalue weighted by molar-refractivity contribution is 6.36. The smallest absolute Gasteiger partial charge is 0.0846 e. The Morgan fingerprint density at radius 3 is 2.21 bits per heavy atom. The van der Waals surface area contributed by atoms with Gasteiger partial charge < -0.3 is 0 Å². The Bertz CT molecular complexity index is 645. The molecule has 1 nitrogen and oxygen atoms in total. The minimum Gasteiger partial charge on any atom is -0.263 e. The molecule has 0 aromatic heterocycles. The SMILES string of the molecule is [2H]C(=N/C=C(/C(=C)Cl)c1ccccc1)c1ccccc1. The van der Waals surface area contributed by atoms with Crippen molar-refractivity contribution in [1.29, 1.82) is 0 Å². The third-order valence-electron chi connectivity index (χ3n) is 2.54. The minimum absolute atomic E-state index is 0.192. The van der Waals surface area contributed by atoms with Crippen LogP contribution in [0.25, 0.3) is 5.57 Å². The normalized spacial score (nSPS) is 13.0. The maximum atomic E-state index is 7.94. The molecule has 0 bridgehead atoms. The van der Waals surface area contributed by atoms with Crippen LogP contribution in [0.3, 0.4) is 0 Å². The van der Waals surface area contributed by atoms with E-state index in [1.165, 1.54) is 0 Å². The van der Waals surface area contributed by atoms with Gasteiger partial charge in [0.05, 0.1) is 1.37 Å². The first-order valence-corrected chi connectivity index (χ1v) is 6.26. The van der Waals surface area contributed by atoms with Crippen molar-refractivity contribution in [3.63, 3.8) is 0 Å². The molecule has 0 aliphatic rings. The summed E-state index contributed by atoms with van der Waals surface area (Å²) in [6, 6.07) is 19.0. The van der Waals surface area contributed by atoms with E-state index in [4.69, 9.17) is 13.0 Å². The van der Waals surface area contributed by atoms with Crippen LogP contribution in [0, 0.1) is 0 Å². The first-order chi connectivity index (χ1) is 9.68. The Labute approximate surface area is 120 Å². The molecule has 0 saturated carbocycles. The molecule has 0 aliphatic heterocycles. The lowest BCUT2D eigenvalue weighted by molar-refractivity contribution is 1.53. The molecule has 0 N–H and O–H groups in total. The maximum Gasteiger partial charge on any atom is 0.0846 e. The molecule has 0 unspecified atom stereocenters. The lowest BCUT2D eigenvalue weighted by Crippen LogP contribution is -1.83. The molecule has 0 saturated heterocycles. The predicted molar refractivity (Wildman–Crippen MR) is 83.4 cm³/mol. The number of aliphatic imine (C=N–C) groups is 1. The highest BCUT2D eigenvalue weighted by Crippen LogP contribution is 2.24. The molecule has 0 radical (unpaired) electrons. The average Bonchev–Trinajstić information content (AvgIpc) is 2.49. The molecule has 19 heavy (non-hydrogen) atoms. The second-order valence-electron chi connectivity index (χ2n) is 3.92. The molecular weight excluding hydrogens is 254 g/mol. The summed E-state index contributed by atoms with van der Waals surface area (Å²) in [6.45, 7) is 3.75. The first kappa shape index (κ1) is 11.9. The van der Waals surface area contributed by atoms with E-state index < -0.39 is 0 Å². The number of benzene rings is 2. The van der Waals surface area contributed by atoms with Gasteiger partial charge in [-0.15, -0.1) is 0 Å². The molecule has 0 heterocycles. The van der Waals surface area contributed by atoms with Crippen molar-refractivity contribution in [1.82, 2.24) is 0 Å². The molecule has 2 aromatic carbocycles. The first-order valence-electron chi connectivity index (χ1n) is 6.38. The van der Waals surface area contributed by atoms with E-state index in [0.717, 1.165) is 11.1 Å². The summed E-state index contributed by atoms with van der Waals surface area (Å²) in [5, 5.41) is 0.404. The maximum absolute atomic E-state index is 7.94. The zero-order valence-electron chi connectivity index (χ0n) is 11.4. The van der Waals surface area contributed by atoms with Gasteiger partial charge in [0.1, 0.15) is 0 Å². The predicted octanol–water partition coefficient (Wildman–Crippen LogP) is 4.90. The van der Waals surface area contributed by atoms with E-state index >= 15 is 0 Å². The number of hydrogen-bond donors (Lipinski definition) is 0. The quantitative estimate of drug-likeness (QED) is 0.552. The molecule has 2 heteroatoms. The summed E-state index contributed by atoms with van der Waals surface area (Å²) in [4.78, 5) is 4.17. The highest BCUT2D eigenvalue weighted by atomic mass is 35.5. The van der Waals surface area contributed by atoms with Crippen molar-refractivity contribution >= 4 is 23.4 Å². The van der Waals surface area contributed by atoms with Crippen molar-refractivity contribution in [2.45, 2.75) is 0 Å². The molecular formula is C17H14ClN. The molecule has 0 aliphatic carbocycles. The lowest BCUT2D eigenvalue weighted by atomic mass is 10.1. The molecule has 2 rings (SSSR count). The summed E-state index contributed by atoms with van der Waals surface area (Å²) < 4.78 is 7.94. The molecule has 2 aromatic rings. The Kier molecular flexibility index (Phi) is 4.22. The van der Waals surface area contributed by atoms with E-state index in [1.807, 2.05) is 60.7 Å². The third kappa shape index (κ3) is 3.94. The number of halogens is 1. The van der Waals surface area contributed by atoms with E-state index in [-0.39, 0.29) is 6.19 Å². The monoisotopic (exact) mass is 268 g/mol. The molecule has 94 valence electrons. The van der Waals surface area contributed by atoms with Gasteiger partial charge in [-0.05, 0) is 11.1 Å². The fourth-order valence-electron chi connectivity index (χ4n) is 1.60. The number of hydrogen-bond acceptors (Lipinski definition) is 1. The summed E-state index contributed by atoms with van der Waals surface area (Å²) in [7, 11) is 0. The van der Waals surface area contributed by atoms with Gasteiger partial charge in [0.25, 0.3) is 0 Å². The van der Waals surface area contributed by atoms with Gasteiger partial charge >= 0.3 is 0 Å². The van der Waals surface area contributed by atoms with Crippen LogP contribution in [0.15, 0.2) is 83.5 Å².